The summed E-state index contributed by atoms with van der Waals surface area (Å²) in [5.74, 6) is -0.912. The van der Waals surface area contributed by atoms with Crippen LogP contribution in [0.5, 0.6) is 0 Å². The van der Waals surface area contributed by atoms with Crippen molar-refractivity contribution in [1.82, 2.24) is 4.90 Å². The summed E-state index contributed by atoms with van der Waals surface area (Å²) >= 11 is 0. The van der Waals surface area contributed by atoms with Gasteiger partial charge in [-0.25, -0.2) is 0 Å². The summed E-state index contributed by atoms with van der Waals surface area (Å²) in [4.78, 5) is 12.8. The fraction of sp³-hybridized carbons (Fsp3) is 0.462. The van der Waals surface area contributed by atoms with Gasteiger partial charge in [-0.3, -0.25) is 4.79 Å². The summed E-state index contributed by atoms with van der Waals surface area (Å²) in [6, 6.07) is 8.92. The highest BCUT2D eigenvalue weighted by atomic mass is 19.4. The number of nitrogens with two attached hydrogens (primary N) is 1. The zero-order chi connectivity index (χ0) is 14.3. The Bertz CT molecular complexity index is 393. The minimum atomic E-state index is -4.48. The maximum absolute atomic E-state index is 12.3. The van der Waals surface area contributed by atoms with Crippen LogP contribution in [0.25, 0.3) is 0 Å². The Hall–Kier alpha value is -1.56. The van der Waals surface area contributed by atoms with Gasteiger partial charge < -0.3 is 10.6 Å². The van der Waals surface area contributed by atoms with Gasteiger partial charge in [0.1, 0.15) is 6.42 Å². The number of alkyl halides is 3. The smallest absolute Gasteiger partial charge is 0.338 e. The lowest BCUT2D eigenvalue weighted by atomic mass is 10.2. The zero-order valence-corrected chi connectivity index (χ0v) is 10.5. The van der Waals surface area contributed by atoms with Crippen molar-refractivity contribution in [3.8, 4) is 0 Å². The first kappa shape index (κ1) is 15.5. The first-order valence-corrected chi connectivity index (χ1v) is 6.01. The number of carbonyl (C=O) groups excluding carboxylic acids is 1. The molecule has 0 aliphatic carbocycles. The first-order valence-electron chi connectivity index (χ1n) is 6.01. The summed E-state index contributed by atoms with van der Waals surface area (Å²) in [5.41, 5.74) is 6.14. The van der Waals surface area contributed by atoms with Gasteiger partial charge in [0.05, 0.1) is 0 Å². The molecule has 1 rings (SSSR count). The minimum absolute atomic E-state index is 0.176. The predicted octanol–water partition coefficient (Wildman–Crippen LogP) is 2.32. The molecule has 3 nitrogen and oxygen atoms in total. The Labute approximate surface area is 110 Å². The van der Waals surface area contributed by atoms with Gasteiger partial charge in [-0.1, -0.05) is 30.3 Å². The summed E-state index contributed by atoms with van der Waals surface area (Å²) < 4.78 is 36.8. The molecule has 2 N–H and O–H groups in total. The predicted molar refractivity (Wildman–Crippen MR) is 66.2 cm³/mol. The van der Waals surface area contributed by atoms with Crippen LogP contribution in [0.4, 0.5) is 13.2 Å². The Morgan fingerprint density at radius 3 is 2.37 bits per heavy atom. The minimum Gasteiger partial charge on any atom is -0.338 e. The molecule has 6 heteroatoms. The van der Waals surface area contributed by atoms with Gasteiger partial charge in [0.15, 0.2) is 0 Å². The van der Waals surface area contributed by atoms with Crippen molar-refractivity contribution in [1.29, 1.82) is 0 Å². The molecule has 1 aromatic carbocycles. The monoisotopic (exact) mass is 274 g/mol. The van der Waals surface area contributed by atoms with Crippen LogP contribution >= 0.6 is 0 Å². The third kappa shape index (κ3) is 6.24. The van der Waals surface area contributed by atoms with E-state index in [0.29, 0.717) is 13.0 Å². The van der Waals surface area contributed by atoms with Gasteiger partial charge in [-0.2, -0.15) is 13.2 Å². The number of benzene rings is 1. The number of nitrogens with zero attached hydrogens (tertiary/aromatic N) is 1. The Morgan fingerprint density at radius 1 is 1.21 bits per heavy atom. The molecule has 1 aromatic rings. The number of rotatable bonds is 6. The summed E-state index contributed by atoms with van der Waals surface area (Å²) in [5, 5.41) is 0. The second kappa shape index (κ2) is 7.13. The Morgan fingerprint density at radius 2 is 1.84 bits per heavy atom. The number of carbonyl (C=O) groups is 1. The molecule has 0 heterocycles. The largest absolute Gasteiger partial charge is 0.397 e. The molecular formula is C13H17F3N2O. The van der Waals surface area contributed by atoms with Gasteiger partial charge in [0, 0.05) is 13.1 Å². The Kier molecular flexibility index (Phi) is 5.82. The molecule has 0 aliphatic rings. The molecule has 0 bridgehead atoms. The summed E-state index contributed by atoms with van der Waals surface area (Å²) in [6.45, 7) is 0.751. The van der Waals surface area contributed by atoms with Gasteiger partial charge in [0.2, 0.25) is 5.91 Å². The lowest BCUT2D eigenvalue weighted by Crippen LogP contribution is -2.35. The molecule has 0 unspecified atom stereocenters. The van der Waals surface area contributed by atoms with Crippen molar-refractivity contribution >= 4 is 5.91 Å². The van der Waals surface area contributed by atoms with Crippen molar-refractivity contribution in [2.75, 3.05) is 13.1 Å². The zero-order valence-electron chi connectivity index (χ0n) is 10.5. The van der Waals surface area contributed by atoms with E-state index < -0.39 is 18.5 Å². The van der Waals surface area contributed by atoms with Crippen LogP contribution in [0.3, 0.4) is 0 Å². The fourth-order valence-electron chi connectivity index (χ4n) is 1.66. The summed E-state index contributed by atoms with van der Waals surface area (Å²) in [7, 11) is 0. The maximum atomic E-state index is 12.3. The molecule has 0 saturated carbocycles. The van der Waals surface area contributed by atoms with E-state index in [1.807, 2.05) is 6.07 Å². The topological polar surface area (TPSA) is 46.3 Å². The molecule has 0 spiro atoms. The van der Waals surface area contributed by atoms with E-state index in [1.54, 1.807) is 24.3 Å². The molecule has 0 saturated heterocycles. The molecule has 1 amide bonds. The van der Waals surface area contributed by atoms with Crippen molar-refractivity contribution in [3.63, 3.8) is 0 Å². The van der Waals surface area contributed by atoms with Gasteiger partial charge in [0.25, 0.3) is 0 Å². The van der Waals surface area contributed by atoms with Crippen LogP contribution in [0, 0.1) is 0 Å². The van der Waals surface area contributed by atoms with Gasteiger partial charge in [-0.05, 0) is 18.5 Å². The Balaban J connectivity index is 2.68. The standard InChI is InChI=1S/C13H17F3N2O/c14-13(15,16)9-12(19)18(8-4-7-17)10-11-5-2-1-3-6-11/h1-3,5-6H,4,7-10,17H2. The van der Waals surface area contributed by atoms with E-state index in [0.717, 1.165) is 5.56 Å². The molecule has 0 atom stereocenters. The highest BCUT2D eigenvalue weighted by Crippen LogP contribution is 2.21. The van der Waals surface area contributed by atoms with Crippen LogP contribution in [0.2, 0.25) is 0 Å². The number of hydrogen-bond donors (Lipinski definition) is 1. The van der Waals surface area contributed by atoms with Crippen LogP contribution in [-0.2, 0) is 11.3 Å². The lowest BCUT2D eigenvalue weighted by Gasteiger charge is -2.23. The van der Waals surface area contributed by atoms with E-state index >= 15 is 0 Å². The SMILES string of the molecule is NCCCN(Cc1ccccc1)C(=O)CC(F)(F)F. The van der Waals surface area contributed by atoms with Crippen molar-refractivity contribution < 1.29 is 18.0 Å². The number of hydrogen-bond acceptors (Lipinski definition) is 2. The van der Waals surface area contributed by atoms with Crippen molar-refractivity contribution in [3.05, 3.63) is 35.9 Å². The highest BCUT2D eigenvalue weighted by Gasteiger charge is 2.33. The van der Waals surface area contributed by atoms with Crippen LogP contribution in [-0.4, -0.2) is 30.1 Å². The average Bonchev–Trinajstić information content (AvgIpc) is 2.33. The molecular weight excluding hydrogens is 257 g/mol. The molecule has 0 fully saturated rings. The molecule has 0 radical (unpaired) electrons. The van der Waals surface area contributed by atoms with Crippen molar-refractivity contribution in [2.24, 2.45) is 5.73 Å². The van der Waals surface area contributed by atoms with E-state index in [2.05, 4.69) is 0 Å². The van der Waals surface area contributed by atoms with E-state index in [-0.39, 0.29) is 13.1 Å². The van der Waals surface area contributed by atoms with Crippen molar-refractivity contribution in [2.45, 2.75) is 25.6 Å². The quantitative estimate of drug-likeness (QED) is 0.865. The number of amides is 1. The van der Waals surface area contributed by atoms with Crippen LogP contribution < -0.4 is 5.73 Å². The normalized spacial score (nSPS) is 11.4. The van der Waals surface area contributed by atoms with E-state index in [9.17, 15) is 18.0 Å². The van der Waals surface area contributed by atoms with Gasteiger partial charge in [-0.15, -0.1) is 0 Å². The lowest BCUT2D eigenvalue weighted by molar-refractivity contribution is -0.161. The van der Waals surface area contributed by atoms with Crippen LogP contribution in [0.1, 0.15) is 18.4 Å². The highest BCUT2D eigenvalue weighted by molar-refractivity contribution is 5.76. The number of halogens is 3. The van der Waals surface area contributed by atoms with Gasteiger partial charge >= 0.3 is 6.18 Å². The second-order valence-electron chi connectivity index (χ2n) is 4.24. The average molecular weight is 274 g/mol. The fourth-order valence-corrected chi connectivity index (χ4v) is 1.66. The molecule has 19 heavy (non-hydrogen) atoms. The third-order valence-corrected chi connectivity index (χ3v) is 2.55. The van der Waals surface area contributed by atoms with E-state index in [4.69, 9.17) is 5.73 Å². The molecule has 0 aliphatic heterocycles. The third-order valence-electron chi connectivity index (χ3n) is 2.55. The summed E-state index contributed by atoms with van der Waals surface area (Å²) in [6.07, 6.45) is -5.42. The second-order valence-corrected chi connectivity index (χ2v) is 4.24. The van der Waals surface area contributed by atoms with Crippen LogP contribution in [0.15, 0.2) is 30.3 Å². The molecule has 106 valence electrons. The first-order chi connectivity index (χ1) is 8.92. The maximum Gasteiger partial charge on any atom is 0.397 e. The molecule has 0 aromatic heterocycles. The van der Waals surface area contributed by atoms with E-state index in [1.165, 1.54) is 4.90 Å².